The van der Waals surface area contributed by atoms with Gasteiger partial charge in [0.15, 0.2) is 0 Å². The number of rotatable bonds is 4. The molecule has 110 valence electrons. The number of aryl methyl sites for hydroxylation is 2. The number of benzene rings is 1. The second-order valence-electron chi connectivity index (χ2n) is 4.50. The lowest BCUT2D eigenvalue weighted by atomic mass is 10.1. The summed E-state index contributed by atoms with van der Waals surface area (Å²) < 4.78 is 5.68. The molecule has 1 aromatic carbocycles. The molecule has 0 aliphatic carbocycles. The fourth-order valence-corrected chi connectivity index (χ4v) is 2.27. The summed E-state index contributed by atoms with van der Waals surface area (Å²) in [7, 11) is 1.68. The summed E-state index contributed by atoms with van der Waals surface area (Å²) in [5.41, 5.74) is 1.37. The van der Waals surface area contributed by atoms with E-state index < -0.39 is 4.92 Å². The van der Waals surface area contributed by atoms with E-state index in [4.69, 9.17) is 16.3 Å². The third-order valence-electron chi connectivity index (χ3n) is 2.92. The maximum atomic E-state index is 11.1. The Morgan fingerprint density at radius 3 is 2.43 bits per heavy atom. The molecule has 2 aromatic rings. The van der Waals surface area contributed by atoms with Crippen molar-refractivity contribution < 1.29 is 9.66 Å². The Morgan fingerprint density at radius 1 is 1.29 bits per heavy atom. The van der Waals surface area contributed by atoms with E-state index in [-0.39, 0.29) is 11.6 Å². The molecule has 0 spiro atoms. The lowest BCUT2D eigenvalue weighted by Gasteiger charge is -2.12. The summed E-state index contributed by atoms with van der Waals surface area (Å²) >= 11 is 5.97. The molecule has 0 bridgehead atoms. The smallest absolute Gasteiger partial charge is 0.331 e. The lowest BCUT2D eigenvalue weighted by Crippen LogP contribution is -2.01. The molecule has 0 unspecified atom stereocenters. The minimum Gasteiger partial charge on any atom is -0.433 e. The molecule has 1 heterocycles. The van der Waals surface area contributed by atoms with Crippen molar-refractivity contribution in [3.63, 3.8) is 0 Å². The number of nitro groups is 1. The van der Waals surface area contributed by atoms with Crippen LogP contribution in [0.4, 0.5) is 11.5 Å². The first-order valence-corrected chi connectivity index (χ1v) is 6.58. The van der Waals surface area contributed by atoms with E-state index in [0.29, 0.717) is 16.6 Å². The molecule has 1 aromatic heterocycles. The molecule has 0 aliphatic rings. The van der Waals surface area contributed by atoms with Crippen LogP contribution in [0.5, 0.6) is 11.6 Å². The van der Waals surface area contributed by atoms with Crippen LogP contribution in [0.3, 0.4) is 0 Å². The first kappa shape index (κ1) is 15.1. The molecule has 1 N–H and O–H groups in total. The average molecular weight is 308 g/mol. The highest BCUT2D eigenvalue weighted by Crippen LogP contribution is 2.35. The maximum Gasteiger partial charge on any atom is 0.331 e. The highest BCUT2D eigenvalue weighted by molar-refractivity contribution is 6.30. The Labute approximate surface area is 126 Å². The summed E-state index contributed by atoms with van der Waals surface area (Å²) in [4.78, 5) is 14.7. The fraction of sp³-hybridized carbons (Fsp3) is 0.214. The van der Waals surface area contributed by atoms with Gasteiger partial charge in [-0.2, -0.15) is 4.98 Å². The minimum atomic E-state index is -0.525. The van der Waals surface area contributed by atoms with Gasteiger partial charge in [0.25, 0.3) is 0 Å². The fourth-order valence-electron chi connectivity index (χ4n) is 1.94. The molecule has 0 amide bonds. The summed E-state index contributed by atoms with van der Waals surface area (Å²) in [5.74, 6) is 0.948. The molecule has 2 rings (SSSR count). The first-order chi connectivity index (χ1) is 9.92. The number of halogens is 1. The Morgan fingerprint density at radius 2 is 1.90 bits per heavy atom. The second-order valence-corrected chi connectivity index (χ2v) is 4.94. The molecule has 0 saturated carbocycles. The van der Waals surface area contributed by atoms with Crippen LogP contribution in [-0.2, 0) is 0 Å². The minimum absolute atomic E-state index is 0.0552. The topological polar surface area (TPSA) is 77.3 Å². The van der Waals surface area contributed by atoms with E-state index in [0.717, 1.165) is 11.1 Å². The van der Waals surface area contributed by atoms with Crippen LogP contribution < -0.4 is 10.1 Å². The normalized spacial score (nSPS) is 10.3. The van der Waals surface area contributed by atoms with Crippen LogP contribution in [0.2, 0.25) is 5.02 Å². The third kappa shape index (κ3) is 3.22. The number of aromatic nitrogens is 1. The van der Waals surface area contributed by atoms with Crippen molar-refractivity contribution in [3.05, 3.63) is 50.5 Å². The van der Waals surface area contributed by atoms with Gasteiger partial charge in [-0.25, -0.2) is 0 Å². The predicted octanol–water partition coefficient (Wildman–Crippen LogP) is 4.09. The number of pyridine rings is 1. The van der Waals surface area contributed by atoms with E-state index in [1.165, 1.54) is 12.1 Å². The van der Waals surface area contributed by atoms with Crippen LogP contribution in [0.25, 0.3) is 0 Å². The quantitative estimate of drug-likeness (QED) is 0.680. The molecule has 0 radical (unpaired) electrons. The number of ether oxygens (including phenoxy) is 1. The van der Waals surface area contributed by atoms with Crippen molar-refractivity contribution in [1.82, 2.24) is 4.98 Å². The van der Waals surface area contributed by atoms with Crippen molar-refractivity contribution >= 4 is 23.1 Å². The third-order valence-corrected chi connectivity index (χ3v) is 3.14. The van der Waals surface area contributed by atoms with Gasteiger partial charge in [0.1, 0.15) is 11.6 Å². The van der Waals surface area contributed by atoms with Gasteiger partial charge in [-0.3, -0.25) is 10.1 Å². The van der Waals surface area contributed by atoms with Gasteiger partial charge in [0.05, 0.1) is 4.92 Å². The number of anilines is 1. The molecule has 0 aliphatic heterocycles. The molecule has 0 fully saturated rings. The standard InChI is InChI=1S/C14H14ClN3O3/c1-8-6-10(15)7-9(2)13(8)21-14-11(18(19)20)4-5-12(16-3)17-14/h4-7H,1-3H3,(H,16,17). The van der Waals surface area contributed by atoms with Gasteiger partial charge in [-0.1, -0.05) is 11.6 Å². The number of nitrogens with zero attached hydrogens (tertiary/aromatic N) is 2. The largest absolute Gasteiger partial charge is 0.433 e. The number of nitrogens with one attached hydrogen (secondary N) is 1. The molecule has 0 atom stereocenters. The van der Waals surface area contributed by atoms with Crippen molar-refractivity contribution in [2.75, 3.05) is 12.4 Å². The van der Waals surface area contributed by atoms with E-state index >= 15 is 0 Å². The zero-order chi connectivity index (χ0) is 15.6. The number of hydrogen-bond acceptors (Lipinski definition) is 5. The Bertz CT molecular complexity index is 681. The van der Waals surface area contributed by atoms with Crippen LogP contribution in [0.15, 0.2) is 24.3 Å². The lowest BCUT2D eigenvalue weighted by molar-refractivity contribution is -0.386. The van der Waals surface area contributed by atoms with Crippen molar-refractivity contribution in [3.8, 4) is 11.6 Å². The Balaban J connectivity index is 2.50. The highest BCUT2D eigenvalue weighted by atomic mass is 35.5. The summed E-state index contributed by atoms with van der Waals surface area (Å²) in [5, 5.41) is 14.5. The van der Waals surface area contributed by atoms with E-state index in [1.54, 1.807) is 19.2 Å². The van der Waals surface area contributed by atoms with E-state index in [2.05, 4.69) is 10.3 Å². The van der Waals surface area contributed by atoms with Crippen LogP contribution in [-0.4, -0.2) is 17.0 Å². The van der Waals surface area contributed by atoms with Crippen LogP contribution >= 0.6 is 11.6 Å². The number of hydrogen-bond donors (Lipinski definition) is 1. The van der Waals surface area contributed by atoms with Crippen LogP contribution in [0.1, 0.15) is 11.1 Å². The van der Waals surface area contributed by atoms with Gasteiger partial charge in [-0.15, -0.1) is 0 Å². The average Bonchev–Trinajstić information content (AvgIpc) is 2.42. The highest BCUT2D eigenvalue weighted by Gasteiger charge is 2.20. The second kappa shape index (κ2) is 5.97. The predicted molar refractivity (Wildman–Crippen MR) is 81.4 cm³/mol. The monoisotopic (exact) mass is 307 g/mol. The van der Waals surface area contributed by atoms with Gasteiger partial charge in [0.2, 0.25) is 0 Å². The van der Waals surface area contributed by atoms with Gasteiger partial charge in [0, 0.05) is 18.1 Å². The van der Waals surface area contributed by atoms with Crippen LogP contribution in [0, 0.1) is 24.0 Å². The first-order valence-electron chi connectivity index (χ1n) is 6.20. The molecule has 7 heteroatoms. The zero-order valence-corrected chi connectivity index (χ0v) is 12.6. The molecule has 0 saturated heterocycles. The summed E-state index contributed by atoms with van der Waals surface area (Å²) in [6.07, 6.45) is 0. The summed E-state index contributed by atoms with van der Waals surface area (Å²) in [6.45, 7) is 3.64. The SMILES string of the molecule is CNc1ccc([N+](=O)[O-])c(Oc2c(C)cc(Cl)cc2C)n1. The molecule has 6 nitrogen and oxygen atoms in total. The van der Waals surface area contributed by atoms with Crippen molar-refractivity contribution in [2.24, 2.45) is 0 Å². The Hall–Kier alpha value is -2.34. The summed E-state index contributed by atoms with van der Waals surface area (Å²) in [6, 6.07) is 6.34. The van der Waals surface area contributed by atoms with E-state index in [1.807, 2.05) is 13.8 Å². The maximum absolute atomic E-state index is 11.1. The van der Waals surface area contributed by atoms with Crippen molar-refractivity contribution in [1.29, 1.82) is 0 Å². The van der Waals surface area contributed by atoms with Gasteiger partial charge in [-0.05, 0) is 43.2 Å². The van der Waals surface area contributed by atoms with Gasteiger partial charge >= 0.3 is 11.6 Å². The zero-order valence-electron chi connectivity index (χ0n) is 11.8. The van der Waals surface area contributed by atoms with Crippen molar-refractivity contribution in [2.45, 2.75) is 13.8 Å². The molecule has 21 heavy (non-hydrogen) atoms. The van der Waals surface area contributed by atoms with E-state index in [9.17, 15) is 10.1 Å². The molecular formula is C14H14ClN3O3. The molecular weight excluding hydrogens is 294 g/mol. The Kier molecular flexibility index (Phi) is 4.28. The van der Waals surface area contributed by atoms with Gasteiger partial charge < -0.3 is 10.1 Å².